The van der Waals surface area contributed by atoms with Gasteiger partial charge in [-0.15, -0.1) is 0 Å². The van der Waals surface area contributed by atoms with Crippen molar-refractivity contribution in [3.05, 3.63) is 41.2 Å². The fourth-order valence-electron chi connectivity index (χ4n) is 6.34. The standard InChI is InChI=1S/C29H37FN4O4/c1-29(2,3)38-28(36)34-23-7-6-21(14-23)26(34)27(35)32-22(16-31)12-20-5-4-18(15-25(20)30)19-8-9-33-10-11-37-17-24(33)13-19/h4-5,8,15,21-24,26H,6-7,9-14,17H2,1-3H3,(H,32,35). The summed E-state index contributed by atoms with van der Waals surface area (Å²) < 4.78 is 26.3. The highest BCUT2D eigenvalue weighted by atomic mass is 19.1. The van der Waals surface area contributed by atoms with Gasteiger partial charge in [-0.25, -0.2) is 9.18 Å². The van der Waals surface area contributed by atoms with Crippen molar-refractivity contribution < 1.29 is 23.5 Å². The largest absolute Gasteiger partial charge is 0.444 e. The molecule has 1 aromatic rings. The van der Waals surface area contributed by atoms with Gasteiger partial charge in [0.2, 0.25) is 5.91 Å². The summed E-state index contributed by atoms with van der Waals surface area (Å²) in [7, 11) is 0. The Morgan fingerprint density at radius 3 is 2.84 bits per heavy atom. The van der Waals surface area contributed by atoms with Crippen LogP contribution in [0.2, 0.25) is 0 Å². The van der Waals surface area contributed by atoms with E-state index in [0.717, 1.165) is 56.5 Å². The van der Waals surface area contributed by atoms with Gasteiger partial charge < -0.3 is 14.8 Å². The summed E-state index contributed by atoms with van der Waals surface area (Å²) in [6, 6.07) is 5.92. The van der Waals surface area contributed by atoms with Crippen molar-refractivity contribution in [2.24, 2.45) is 5.92 Å². The summed E-state index contributed by atoms with van der Waals surface area (Å²) in [6.07, 6.45) is 4.97. The fraction of sp³-hybridized carbons (Fsp3) is 0.621. The van der Waals surface area contributed by atoms with Gasteiger partial charge in [-0.05, 0) is 75.1 Å². The third kappa shape index (κ3) is 5.57. The first-order valence-electron chi connectivity index (χ1n) is 13.6. The number of ether oxygens (including phenoxy) is 2. The number of amides is 2. The number of rotatable bonds is 5. The lowest BCUT2D eigenvalue weighted by molar-refractivity contribution is -0.128. The maximum Gasteiger partial charge on any atom is 0.411 e. The third-order valence-electron chi connectivity index (χ3n) is 8.16. The molecule has 5 atom stereocenters. The van der Waals surface area contributed by atoms with Crippen LogP contribution in [0.3, 0.4) is 0 Å². The molecule has 2 amide bonds. The highest BCUT2D eigenvalue weighted by Gasteiger charge is 2.52. The van der Waals surface area contributed by atoms with E-state index in [2.05, 4.69) is 22.4 Å². The van der Waals surface area contributed by atoms with Crippen LogP contribution in [-0.4, -0.2) is 77.9 Å². The highest BCUT2D eigenvalue weighted by molar-refractivity contribution is 5.87. The van der Waals surface area contributed by atoms with Crippen LogP contribution < -0.4 is 5.32 Å². The molecule has 38 heavy (non-hydrogen) atoms. The second kappa shape index (κ2) is 10.7. The predicted molar refractivity (Wildman–Crippen MR) is 139 cm³/mol. The monoisotopic (exact) mass is 524 g/mol. The van der Waals surface area contributed by atoms with E-state index >= 15 is 4.39 Å². The Morgan fingerprint density at radius 2 is 2.11 bits per heavy atom. The highest BCUT2D eigenvalue weighted by Crippen LogP contribution is 2.43. The lowest BCUT2D eigenvalue weighted by atomic mass is 9.92. The number of nitrogens with one attached hydrogen (secondary N) is 1. The zero-order valence-corrected chi connectivity index (χ0v) is 22.4. The molecular weight excluding hydrogens is 487 g/mol. The number of hydrogen-bond donors (Lipinski definition) is 1. The summed E-state index contributed by atoms with van der Waals surface area (Å²) in [4.78, 5) is 30.1. The van der Waals surface area contributed by atoms with Crippen molar-refractivity contribution in [1.82, 2.24) is 15.1 Å². The van der Waals surface area contributed by atoms with Gasteiger partial charge in [-0.3, -0.25) is 14.6 Å². The molecule has 0 aromatic heterocycles. The average Bonchev–Trinajstić information content (AvgIpc) is 3.50. The lowest BCUT2D eigenvalue weighted by Gasteiger charge is -2.38. The predicted octanol–water partition coefficient (Wildman–Crippen LogP) is 3.65. The molecule has 204 valence electrons. The molecule has 2 saturated heterocycles. The van der Waals surface area contributed by atoms with E-state index in [-0.39, 0.29) is 24.3 Å². The van der Waals surface area contributed by atoms with Crippen molar-refractivity contribution in [2.75, 3.05) is 26.3 Å². The number of morpholine rings is 1. The Balaban J connectivity index is 1.24. The van der Waals surface area contributed by atoms with Crippen molar-refractivity contribution in [3.8, 4) is 6.07 Å². The van der Waals surface area contributed by atoms with Crippen LogP contribution in [0.25, 0.3) is 5.57 Å². The molecule has 5 rings (SSSR count). The van der Waals surface area contributed by atoms with Gasteiger partial charge in [-0.1, -0.05) is 18.2 Å². The smallest absolute Gasteiger partial charge is 0.411 e. The number of hydrogen-bond acceptors (Lipinski definition) is 6. The van der Waals surface area contributed by atoms with Crippen molar-refractivity contribution in [2.45, 2.75) is 82.6 Å². The molecule has 1 saturated carbocycles. The molecule has 2 bridgehead atoms. The van der Waals surface area contributed by atoms with E-state index in [1.807, 2.05) is 6.07 Å². The Kier molecular flexibility index (Phi) is 7.47. The minimum Gasteiger partial charge on any atom is -0.444 e. The molecule has 3 aliphatic heterocycles. The van der Waals surface area contributed by atoms with E-state index in [9.17, 15) is 14.9 Å². The SMILES string of the molecule is CC(C)(C)OC(=O)N1C2CCC(C2)C1C(=O)NC(C#N)Cc1ccc(C2=CCN3CCOCC3C2)cc1F. The van der Waals surface area contributed by atoms with Crippen LogP contribution in [-0.2, 0) is 20.7 Å². The van der Waals surface area contributed by atoms with E-state index in [0.29, 0.717) is 18.2 Å². The minimum atomic E-state index is -0.913. The average molecular weight is 525 g/mol. The molecule has 8 nitrogen and oxygen atoms in total. The van der Waals surface area contributed by atoms with Crippen molar-refractivity contribution >= 4 is 17.6 Å². The molecule has 1 aliphatic carbocycles. The van der Waals surface area contributed by atoms with E-state index in [4.69, 9.17) is 9.47 Å². The van der Waals surface area contributed by atoms with Crippen LogP contribution in [0.4, 0.5) is 9.18 Å². The molecule has 3 fully saturated rings. The van der Waals surface area contributed by atoms with Gasteiger partial charge in [0.1, 0.15) is 23.5 Å². The zero-order valence-electron chi connectivity index (χ0n) is 22.4. The number of piperidine rings is 1. The molecule has 1 aromatic carbocycles. The molecule has 9 heteroatoms. The quantitative estimate of drug-likeness (QED) is 0.632. The number of benzene rings is 1. The van der Waals surface area contributed by atoms with Gasteiger partial charge in [0, 0.05) is 31.6 Å². The molecule has 4 aliphatic rings. The number of halogens is 1. The topological polar surface area (TPSA) is 94.9 Å². The Hall–Kier alpha value is -2.96. The Morgan fingerprint density at radius 1 is 1.29 bits per heavy atom. The number of carbonyl (C=O) groups excluding carboxylic acids is 2. The van der Waals surface area contributed by atoms with Crippen molar-refractivity contribution in [1.29, 1.82) is 5.26 Å². The second-order valence-electron chi connectivity index (χ2n) is 11.9. The van der Waals surface area contributed by atoms with Gasteiger partial charge in [0.05, 0.1) is 19.3 Å². The van der Waals surface area contributed by atoms with Crippen LogP contribution in [0, 0.1) is 23.1 Å². The van der Waals surface area contributed by atoms with Gasteiger partial charge in [0.25, 0.3) is 0 Å². The summed E-state index contributed by atoms with van der Waals surface area (Å²) in [5.74, 6) is -0.731. The molecular formula is C29H37FN4O4. The van der Waals surface area contributed by atoms with E-state index in [1.54, 1.807) is 31.7 Å². The molecule has 5 unspecified atom stereocenters. The minimum absolute atomic E-state index is 0.0301. The first-order valence-corrected chi connectivity index (χ1v) is 13.6. The van der Waals surface area contributed by atoms with Gasteiger partial charge >= 0.3 is 6.09 Å². The summed E-state index contributed by atoms with van der Waals surface area (Å²) in [5, 5.41) is 12.6. The Bertz CT molecular complexity index is 1160. The summed E-state index contributed by atoms with van der Waals surface area (Å²) >= 11 is 0. The first-order chi connectivity index (χ1) is 18.1. The number of likely N-dealkylation sites (tertiary alicyclic amines) is 1. The van der Waals surface area contributed by atoms with Crippen LogP contribution in [0.5, 0.6) is 0 Å². The number of carbonyl (C=O) groups is 2. The van der Waals surface area contributed by atoms with Gasteiger partial charge in [0.15, 0.2) is 0 Å². The lowest BCUT2D eigenvalue weighted by Crippen LogP contribution is -2.55. The molecule has 0 radical (unpaired) electrons. The Labute approximate surface area is 223 Å². The summed E-state index contributed by atoms with van der Waals surface area (Å²) in [5.41, 5.74) is 1.64. The van der Waals surface area contributed by atoms with E-state index < -0.39 is 29.6 Å². The van der Waals surface area contributed by atoms with Crippen LogP contribution in [0.15, 0.2) is 24.3 Å². The second-order valence-corrected chi connectivity index (χ2v) is 11.9. The molecule has 3 heterocycles. The summed E-state index contributed by atoms with van der Waals surface area (Å²) in [6.45, 7) is 8.58. The fourth-order valence-corrected chi connectivity index (χ4v) is 6.34. The molecule has 1 N–H and O–H groups in total. The van der Waals surface area contributed by atoms with Crippen molar-refractivity contribution in [3.63, 3.8) is 0 Å². The third-order valence-corrected chi connectivity index (χ3v) is 8.16. The van der Waals surface area contributed by atoms with Gasteiger partial charge in [-0.2, -0.15) is 5.26 Å². The van der Waals surface area contributed by atoms with Crippen LogP contribution in [0.1, 0.15) is 57.6 Å². The zero-order chi connectivity index (χ0) is 27.0. The molecule has 0 spiro atoms. The number of nitrogens with zero attached hydrogens (tertiary/aromatic N) is 3. The normalized spacial score (nSPS) is 27.8. The van der Waals surface area contributed by atoms with E-state index in [1.165, 1.54) is 6.07 Å². The van der Waals surface area contributed by atoms with Crippen LogP contribution >= 0.6 is 0 Å². The first kappa shape index (κ1) is 26.6. The maximum absolute atomic E-state index is 15.2. The number of fused-ring (bicyclic) bond motifs is 3. The number of nitriles is 1. The maximum atomic E-state index is 15.2.